The highest BCUT2D eigenvalue weighted by atomic mass is 35.5. The number of amides is 1. The molecule has 0 saturated heterocycles. The van der Waals surface area contributed by atoms with E-state index >= 15 is 0 Å². The van der Waals surface area contributed by atoms with E-state index in [0.29, 0.717) is 23.8 Å². The second kappa shape index (κ2) is 9.91. The number of carbonyl (C=O) groups excluding carboxylic acids is 1. The quantitative estimate of drug-likeness (QED) is 0.783. The predicted molar refractivity (Wildman–Crippen MR) is 103 cm³/mol. The number of hydrogen-bond acceptors (Lipinski definition) is 4. The zero-order valence-corrected chi connectivity index (χ0v) is 15.5. The number of halogens is 1. The maximum absolute atomic E-state index is 12.6. The molecule has 6 heteroatoms. The van der Waals surface area contributed by atoms with Crippen LogP contribution >= 0.6 is 12.4 Å². The first-order chi connectivity index (χ1) is 11.6. The minimum Gasteiger partial charge on any atom is -0.497 e. The van der Waals surface area contributed by atoms with Crippen molar-refractivity contribution in [3.8, 4) is 11.5 Å². The first kappa shape index (κ1) is 20.8. The van der Waals surface area contributed by atoms with E-state index in [1.165, 1.54) is 0 Å². The van der Waals surface area contributed by atoms with E-state index < -0.39 is 5.92 Å². The molecule has 2 rings (SSSR count). The van der Waals surface area contributed by atoms with E-state index in [9.17, 15) is 4.79 Å². The summed E-state index contributed by atoms with van der Waals surface area (Å²) in [5.74, 6) is 0.689. The minimum absolute atomic E-state index is 0. The van der Waals surface area contributed by atoms with Crippen LogP contribution in [0.5, 0.6) is 11.5 Å². The van der Waals surface area contributed by atoms with Crippen LogP contribution in [0.25, 0.3) is 0 Å². The Bertz CT molecular complexity index is 680. The van der Waals surface area contributed by atoms with Gasteiger partial charge in [-0.2, -0.15) is 0 Å². The fraction of sp³-hybridized carbons (Fsp3) is 0.316. The van der Waals surface area contributed by atoms with Crippen molar-refractivity contribution < 1.29 is 14.3 Å². The van der Waals surface area contributed by atoms with Crippen LogP contribution in [0.4, 0.5) is 5.69 Å². The molecule has 0 aromatic heterocycles. The number of benzene rings is 2. The molecule has 0 radical (unpaired) electrons. The van der Waals surface area contributed by atoms with Crippen LogP contribution in [0.2, 0.25) is 0 Å². The summed E-state index contributed by atoms with van der Waals surface area (Å²) in [6.07, 6.45) is 0. The largest absolute Gasteiger partial charge is 0.497 e. The molecule has 0 aliphatic carbocycles. The zero-order chi connectivity index (χ0) is 17.5. The van der Waals surface area contributed by atoms with Gasteiger partial charge in [0.25, 0.3) is 0 Å². The summed E-state index contributed by atoms with van der Waals surface area (Å²) >= 11 is 0. The van der Waals surface area contributed by atoms with Crippen molar-refractivity contribution in [1.29, 1.82) is 0 Å². The second-order valence-electron chi connectivity index (χ2n) is 5.51. The van der Waals surface area contributed by atoms with Crippen molar-refractivity contribution in [1.82, 2.24) is 0 Å². The maximum Gasteiger partial charge on any atom is 0.229 e. The molecule has 0 saturated carbocycles. The molecule has 1 amide bonds. The Labute approximate surface area is 154 Å². The Morgan fingerprint density at radius 3 is 2.48 bits per heavy atom. The van der Waals surface area contributed by atoms with Crippen molar-refractivity contribution in [3.05, 3.63) is 54.1 Å². The number of anilines is 1. The fourth-order valence-corrected chi connectivity index (χ4v) is 2.39. The zero-order valence-electron chi connectivity index (χ0n) is 14.7. The Balaban J connectivity index is 0.00000312. The summed E-state index contributed by atoms with van der Waals surface area (Å²) < 4.78 is 10.8. The van der Waals surface area contributed by atoms with E-state index in [0.717, 1.165) is 5.56 Å². The van der Waals surface area contributed by atoms with Gasteiger partial charge in [-0.25, -0.2) is 0 Å². The predicted octanol–water partition coefficient (Wildman–Crippen LogP) is 3.79. The number of methoxy groups -OCH3 is 1. The molecular formula is C19H25ClN2O3. The molecule has 2 atom stereocenters. The smallest absolute Gasteiger partial charge is 0.229 e. The SMILES string of the molecule is CCOc1ccc(OC)cc1NC(=O)C(C)C(N)c1ccccc1.Cl. The van der Waals surface area contributed by atoms with Gasteiger partial charge in [0.15, 0.2) is 0 Å². The van der Waals surface area contributed by atoms with Gasteiger partial charge in [0, 0.05) is 12.1 Å². The van der Waals surface area contributed by atoms with E-state index in [1.54, 1.807) is 25.3 Å². The lowest BCUT2D eigenvalue weighted by Gasteiger charge is -2.21. The number of hydrogen-bond donors (Lipinski definition) is 2. The summed E-state index contributed by atoms with van der Waals surface area (Å²) in [6.45, 7) is 4.21. The van der Waals surface area contributed by atoms with Gasteiger partial charge in [0.05, 0.1) is 25.3 Å². The molecule has 0 fully saturated rings. The number of nitrogens with two attached hydrogens (primary N) is 1. The second-order valence-corrected chi connectivity index (χ2v) is 5.51. The van der Waals surface area contributed by atoms with Gasteiger partial charge >= 0.3 is 0 Å². The molecular weight excluding hydrogens is 340 g/mol. The van der Waals surface area contributed by atoms with Crippen LogP contribution in [-0.4, -0.2) is 19.6 Å². The van der Waals surface area contributed by atoms with Gasteiger partial charge in [-0.15, -0.1) is 12.4 Å². The third-order valence-corrected chi connectivity index (χ3v) is 3.88. The topological polar surface area (TPSA) is 73.6 Å². The van der Waals surface area contributed by atoms with Crippen molar-refractivity contribution in [2.75, 3.05) is 19.0 Å². The average molecular weight is 365 g/mol. The number of ether oxygens (including phenoxy) is 2. The minimum atomic E-state index is -0.395. The number of rotatable bonds is 7. The highest BCUT2D eigenvalue weighted by molar-refractivity contribution is 5.94. The van der Waals surface area contributed by atoms with Crippen LogP contribution in [0.15, 0.2) is 48.5 Å². The Morgan fingerprint density at radius 1 is 1.20 bits per heavy atom. The van der Waals surface area contributed by atoms with Crippen LogP contribution in [-0.2, 0) is 4.79 Å². The molecule has 2 aromatic carbocycles. The molecule has 3 N–H and O–H groups in total. The number of carbonyl (C=O) groups is 1. The van der Waals surface area contributed by atoms with Gasteiger partial charge in [0.1, 0.15) is 11.5 Å². The Morgan fingerprint density at radius 2 is 1.88 bits per heavy atom. The molecule has 136 valence electrons. The van der Waals surface area contributed by atoms with Gasteiger partial charge in [-0.1, -0.05) is 37.3 Å². The summed E-state index contributed by atoms with van der Waals surface area (Å²) in [5, 5.41) is 2.90. The molecule has 5 nitrogen and oxygen atoms in total. The van der Waals surface area contributed by atoms with E-state index in [4.69, 9.17) is 15.2 Å². The Hall–Kier alpha value is -2.24. The molecule has 0 heterocycles. The van der Waals surface area contributed by atoms with E-state index in [1.807, 2.05) is 44.2 Å². The third kappa shape index (κ3) is 5.37. The van der Waals surface area contributed by atoms with Gasteiger partial charge in [-0.3, -0.25) is 4.79 Å². The average Bonchev–Trinajstić information content (AvgIpc) is 2.62. The molecule has 0 aliphatic rings. The summed E-state index contributed by atoms with van der Waals surface area (Å²) in [6, 6.07) is 14.5. The Kier molecular flexibility index (Phi) is 8.25. The standard InChI is InChI=1S/C19H24N2O3.ClH/c1-4-24-17-11-10-15(23-3)12-16(17)21-19(22)13(2)18(20)14-8-6-5-7-9-14;/h5-13,18H,4,20H2,1-3H3,(H,21,22);1H. The van der Waals surface area contributed by atoms with E-state index in [-0.39, 0.29) is 24.4 Å². The highest BCUT2D eigenvalue weighted by Gasteiger charge is 2.23. The first-order valence-corrected chi connectivity index (χ1v) is 7.99. The molecule has 0 bridgehead atoms. The molecule has 0 aliphatic heterocycles. The van der Waals surface area contributed by atoms with Gasteiger partial charge in [-0.05, 0) is 24.6 Å². The fourth-order valence-electron chi connectivity index (χ4n) is 2.39. The summed E-state index contributed by atoms with van der Waals surface area (Å²) in [4.78, 5) is 12.6. The van der Waals surface area contributed by atoms with Crippen LogP contribution < -0.4 is 20.5 Å². The van der Waals surface area contributed by atoms with Gasteiger partial charge < -0.3 is 20.5 Å². The lowest BCUT2D eigenvalue weighted by Crippen LogP contribution is -2.30. The van der Waals surface area contributed by atoms with E-state index in [2.05, 4.69) is 5.32 Å². The third-order valence-electron chi connectivity index (χ3n) is 3.88. The molecule has 2 aromatic rings. The van der Waals surface area contributed by atoms with Crippen LogP contribution in [0.3, 0.4) is 0 Å². The molecule has 2 unspecified atom stereocenters. The lowest BCUT2D eigenvalue weighted by molar-refractivity contribution is -0.120. The lowest BCUT2D eigenvalue weighted by atomic mass is 9.94. The first-order valence-electron chi connectivity index (χ1n) is 7.99. The normalized spacial score (nSPS) is 12.5. The maximum atomic E-state index is 12.6. The van der Waals surface area contributed by atoms with Crippen molar-refractivity contribution >= 4 is 24.0 Å². The molecule has 25 heavy (non-hydrogen) atoms. The van der Waals surface area contributed by atoms with Crippen molar-refractivity contribution in [2.45, 2.75) is 19.9 Å². The molecule has 0 spiro atoms. The summed E-state index contributed by atoms with van der Waals surface area (Å²) in [7, 11) is 1.58. The summed E-state index contributed by atoms with van der Waals surface area (Å²) in [5.41, 5.74) is 7.73. The highest BCUT2D eigenvalue weighted by Crippen LogP contribution is 2.30. The van der Waals surface area contributed by atoms with Crippen molar-refractivity contribution in [3.63, 3.8) is 0 Å². The van der Waals surface area contributed by atoms with Gasteiger partial charge in [0.2, 0.25) is 5.91 Å². The monoisotopic (exact) mass is 364 g/mol. The number of nitrogens with one attached hydrogen (secondary N) is 1. The van der Waals surface area contributed by atoms with Crippen LogP contribution in [0, 0.1) is 5.92 Å². The van der Waals surface area contributed by atoms with Crippen molar-refractivity contribution in [2.24, 2.45) is 11.7 Å². The van der Waals surface area contributed by atoms with Crippen LogP contribution in [0.1, 0.15) is 25.5 Å².